The summed E-state index contributed by atoms with van der Waals surface area (Å²) in [5.41, 5.74) is 0. The second kappa shape index (κ2) is 8.87. The van der Waals surface area contributed by atoms with Crippen molar-refractivity contribution in [2.75, 3.05) is 26.2 Å². The van der Waals surface area contributed by atoms with Crippen LogP contribution in [0.5, 0.6) is 0 Å². The van der Waals surface area contributed by atoms with Crippen LogP contribution < -0.4 is 5.32 Å². The fourth-order valence-electron chi connectivity index (χ4n) is 4.79. The van der Waals surface area contributed by atoms with Crippen LogP contribution in [0.3, 0.4) is 0 Å². The average Bonchev–Trinajstić information content (AvgIpc) is 3.16. The van der Waals surface area contributed by atoms with Gasteiger partial charge >= 0.3 is 0 Å². The Kier molecular flexibility index (Phi) is 6.54. The van der Waals surface area contributed by atoms with E-state index in [-0.39, 0.29) is 23.6 Å². The van der Waals surface area contributed by atoms with Crippen molar-refractivity contribution in [1.82, 2.24) is 15.1 Å². The Bertz CT molecular complexity index is 522. The van der Waals surface area contributed by atoms with Crippen molar-refractivity contribution in [3.63, 3.8) is 0 Å². The van der Waals surface area contributed by atoms with Crippen molar-refractivity contribution in [3.05, 3.63) is 0 Å². The summed E-state index contributed by atoms with van der Waals surface area (Å²) in [4.78, 5) is 40.2. The Hall–Kier alpha value is -1.59. The van der Waals surface area contributed by atoms with Gasteiger partial charge in [-0.3, -0.25) is 14.4 Å². The minimum absolute atomic E-state index is 0.00997. The molecule has 2 aliphatic heterocycles. The van der Waals surface area contributed by atoms with Gasteiger partial charge in [-0.1, -0.05) is 12.8 Å². The molecule has 1 aliphatic carbocycles. The second-order valence-corrected chi connectivity index (χ2v) is 8.26. The largest absolute Gasteiger partial charge is 0.356 e. The van der Waals surface area contributed by atoms with Gasteiger partial charge in [0.15, 0.2) is 0 Å². The molecule has 0 unspecified atom stereocenters. The van der Waals surface area contributed by atoms with Crippen LogP contribution in [0.25, 0.3) is 0 Å². The normalized spacial score (nSPS) is 25.6. The Morgan fingerprint density at radius 1 is 1.08 bits per heavy atom. The zero-order chi connectivity index (χ0) is 18.5. The molecule has 2 heterocycles. The smallest absolute Gasteiger partial charge is 0.227 e. The molecule has 6 nitrogen and oxygen atoms in total. The summed E-state index contributed by atoms with van der Waals surface area (Å²) in [7, 11) is 0. The molecule has 1 saturated carbocycles. The molecule has 0 aromatic heterocycles. The number of carbonyl (C=O) groups excluding carboxylic acids is 3. The molecule has 3 fully saturated rings. The van der Waals surface area contributed by atoms with Crippen LogP contribution >= 0.6 is 0 Å². The highest BCUT2D eigenvalue weighted by Crippen LogP contribution is 2.30. The summed E-state index contributed by atoms with van der Waals surface area (Å²) in [5.74, 6) is 1.10. The molecule has 26 heavy (non-hydrogen) atoms. The van der Waals surface area contributed by atoms with Gasteiger partial charge < -0.3 is 15.1 Å². The number of likely N-dealkylation sites (tertiary alicyclic amines) is 2. The first kappa shape index (κ1) is 19.2. The first-order valence-corrected chi connectivity index (χ1v) is 10.4. The molecular formula is C20H33N3O3. The summed E-state index contributed by atoms with van der Waals surface area (Å²) in [6.45, 7) is 4.54. The van der Waals surface area contributed by atoms with E-state index in [0.717, 1.165) is 51.7 Å². The number of carbonyl (C=O) groups is 3. The van der Waals surface area contributed by atoms with Crippen LogP contribution in [0, 0.1) is 11.8 Å². The third-order valence-electron chi connectivity index (χ3n) is 6.41. The summed E-state index contributed by atoms with van der Waals surface area (Å²) < 4.78 is 0. The second-order valence-electron chi connectivity index (χ2n) is 8.26. The van der Waals surface area contributed by atoms with E-state index in [0.29, 0.717) is 31.3 Å². The van der Waals surface area contributed by atoms with E-state index in [2.05, 4.69) is 5.32 Å². The molecule has 3 rings (SSSR count). The number of nitrogens with one attached hydrogen (secondary N) is 1. The molecule has 1 N–H and O–H groups in total. The SMILES string of the molecule is CC(=O)NCCC1CCN(C(=O)[C@H]2CCC(=O)N(C3CCCC3)C2)CC1. The van der Waals surface area contributed by atoms with Crippen molar-refractivity contribution in [3.8, 4) is 0 Å². The van der Waals surface area contributed by atoms with E-state index in [1.807, 2.05) is 9.80 Å². The Balaban J connectivity index is 1.45. The molecule has 1 atom stereocenters. The zero-order valence-corrected chi connectivity index (χ0v) is 16.0. The lowest BCUT2D eigenvalue weighted by molar-refractivity contribution is -0.145. The Morgan fingerprint density at radius 2 is 1.77 bits per heavy atom. The minimum atomic E-state index is -0.00997. The van der Waals surface area contributed by atoms with Gasteiger partial charge in [-0.15, -0.1) is 0 Å². The van der Waals surface area contributed by atoms with Crippen LogP contribution in [0.15, 0.2) is 0 Å². The standard InChI is InChI=1S/C20H33N3O3/c1-15(24)21-11-8-16-9-12-22(13-10-16)20(26)17-6-7-19(25)23(14-17)18-4-2-3-5-18/h16-18H,2-14H2,1H3,(H,21,24)/t17-/m0/s1. The predicted molar refractivity (Wildman–Crippen MR) is 99.3 cm³/mol. The van der Waals surface area contributed by atoms with Gasteiger partial charge in [0.25, 0.3) is 0 Å². The van der Waals surface area contributed by atoms with Gasteiger partial charge in [-0.2, -0.15) is 0 Å². The third kappa shape index (κ3) is 4.77. The number of amides is 3. The molecule has 146 valence electrons. The monoisotopic (exact) mass is 363 g/mol. The van der Waals surface area contributed by atoms with Crippen LogP contribution in [-0.2, 0) is 14.4 Å². The van der Waals surface area contributed by atoms with Crippen molar-refractivity contribution < 1.29 is 14.4 Å². The molecule has 0 bridgehead atoms. The molecule has 0 aromatic carbocycles. The Morgan fingerprint density at radius 3 is 2.42 bits per heavy atom. The molecular weight excluding hydrogens is 330 g/mol. The molecule has 3 amide bonds. The molecule has 0 spiro atoms. The fourth-order valence-corrected chi connectivity index (χ4v) is 4.79. The maximum Gasteiger partial charge on any atom is 0.227 e. The molecule has 6 heteroatoms. The molecule has 2 saturated heterocycles. The zero-order valence-electron chi connectivity index (χ0n) is 16.0. The average molecular weight is 364 g/mol. The highest BCUT2D eigenvalue weighted by Gasteiger charge is 2.37. The topological polar surface area (TPSA) is 69.7 Å². The van der Waals surface area contributed by atoms with Crippen molar-refractivity contribution in [1.29, 1.82) is 0 Å². The fraction of sp³-hybridized carbons (Fsp3) is 0.850. The predicted octanol–water partition coefficient (Wildman–Crippen LogP) is 1.93. The number of piperidine rings is 2. The molecule has 0 radical (unpaired) electrons. The first-order chi connectivity index (χ1) is 12.5. The summed E-state index contributed by atoms with van der Waals surface area (Å²) >= 11 is 0. The summed E-state index contributed by atoms with van der Waals surface area (Å²) in [6, 6.07) is 0.373. The van der Waals surface area contributed by atoms with E-state index in [1.54, 1.807) is 6.92 Å². The third-order valence-corrected chi connectivity index (χ3v) is 6.41. The van der Waals surface area contributed by atoms with E-state index in [1.165, 1.54) is 12.8 Å². The van der Waals surface area contributed by atoms with Crippen LogP contribution in [0.4, 0.5) is 0 Å². The van der Waals surface area contributed by atoms with Gasteiger partial charge in [-0.05, 0) is 44.4 Å². The number of hydrogen-bond donors (Lipinski definition) is 1. The Labute approximate surface area is 156 Å². The van der Waals surface area contributed by atoms with Gasteiger partial charge in [0.05, 0.1) is 5.92 Å². The van der Waals surface area contributed by atoms with Crippen molar-refractivity contribution in [2.45, 2.75) is 70.8 Å². The van der Waals surface area contributed by atoms with Crippen molar-refractivity contribution >= 4 is 17.7 Å². The lowest BCUT2D eigenvalue weighted by atomic mass is 9.90. The van der Waals surface area contributed by atoms with Crippen LogP contribution in [0.2, 0.25) is 0 Å². The maximum absolute atomic E-state index is 13.0. The highest BCUT2D eigenvalue weighted by atomic mass is 16.2. The number of hydrogen-bond acceptors (Lipinski definition) is 3. The van der Waals surface area contributed by atoms with Crippen LogP contribution in [0.1, 0.15) is 64.7 Å². The number of nitrogens with zero attached hydrogens (tertiary/aromatic N) is 2. The highest BCUT2D eigenvalue weighted by molar-refractivity contribution is 5.84. The van der Waals surface area contributed by atoms with Gasteiger partial charge in [-0.25, -0.2) is 0 Å². The van der Waals surface area contributed by atoms with Gasteiger partial charge in [0, 0.05) is 45.6 Å². The van der Waals surface area contributed by atoms with Gasteiger partial charge in [0.1, 0.15) is 0 Å². The molecule has 0 aromatic rings. The minimum Gasteiger partial charge on any atom is -0.356 e. The van der Waals surface area contributed by atoms with E-state index < -0.39 is 0 Å². The first-order valence-electron chi connectivity index (χ1n) is 10.4. The molecule has 3 aliphatic rings. The lowest BCUT2D eigenvalue weighted by Gasteiger charge is -2.39. The summed E-state index contributed by atoms with van der Waals surface area (Å²) in [6.07, 6.45) is 8.89. The quantitative estimate of drug-likeness (QED) is 0.811. The lowest BCUT2D eigenvalue weighted by Crippen LogP contribution is -2.51. The van der Waals surface area contributed by atoms with Gasteiger partial charge in [0.2, 0.25) is 17.7 Å². The van der Waals surface area contributed by atoms with Crippen LogP contribution in [-0.4, -0.2) is 59.7 Å². The van der Waals surface area contributed by atoms with Crippen molar-refractivity contribution in [2.24, 2.45) is 11.8 Å². The number of rotatable bonds is 5. The summed E-state index contributed by atoms with van der Waals surface area (Å²) in [5, 5.41) is 2.86. The maximum atomic E-state index is 13.0. The van der Waals surface area contributed by atoms with E-state index >= 15 is 0 Å². The van der Waals surface area contributed by atoms with E-state index in [9.17, 15) is 14.4 Å². The van der Waals surface area contributed by atoms with E-state index in [4.69, 9.17) is 0 Å².